The van der Waals surface area contributed by atoms with Gasteiger partial charge in [-0.25, -0.2) is 4.79 Å². The van der Waals surface area contributed by atoms with Crippen LogP contribution >= 0.6 is 0 Å². The summed E-state index contributed by atoms with van der Waals surface area (Å²) < 4.78 is 5.06. The van der Waals surface area contributed by atoms with Gasteiger partial charge in [-0.05, 0) is 58.2 Å². The van der Waals surface area contributed by atoms with E-state index in [9.17, 15) is 9.59 Å². The maximum atomic E-state index is 12.5. The van der Waals surface area contributed by atoms with Gasteiger partial charge < -0.3 is 9.72 Å². The first kappa shape index (κ1) is 16.7. The summed E-state index contributed by atoms with van der Waals surface area (Å²) in [6.45, 7) is 10.3. The first-order valence-corrected chi connectivity index (χ1v) is 8.05. The zero-order valence-corrected chi connectivity index (χ0v) is 14.0. The predicted molar refractivity (Wildman–Crippen MR) is 85.4 cm³/mol. The Morgan fingerprint density at radius 1 is 1.27 bits per heavy atom. The highest BCUT2D eigenvalue weighted by molar-refractivity contribution is 6.02. The van der Waals surface area contributed by atoms with Crippen molar-refractivity contribution in [3.63, 3.8) is 0 Å². The van der Waals surface area contributed by atoms with Crippen molar-refractivity contribution in [1.29, 1.82) is 0 Å². The first-order valence-electron chi connectivity index (χ1n) is 8.05. The van der Waals surface area contributed by atoms with E-state index in [0.29, 0.717) is 35.7 Å². The molecule has 1 aromatic rings. The lowest BCUT2D eigenvalue weighted by atomic mass is 9.99. The molecule has 0 aromatic carbocycles. The number of hydrogen-bond donors (Lipinski definition) is 1. The lowest BCUT2D eigenvalue weighted by Gasteiger charge is -2.29. The van der Waals surface area contributed by atoms with Crippen LogP contribution in [0.25, 0.3) is 0 Å². The number of ketones is 1. The molecule has 2 heterocycles. The van der Waals surface area contributed by atoms with E-state index in [-0.39, 0.29) is 11.8 Å². The Hall–Kier alpha value is -1.62. The second-order valence-corrected chi connectivity index (χ2v) is 6.23. The Balaban J connectivity index is 2.10. The highest BCUT2D eigenvalue weighted by atomic mass is 16.5. The number of nitrogens with zero attached hydrogens (tertiary/aromatic N) is 1. The number of ether oxygens (including phenoxy) is 1. The second kappa shape index (κ2) is 7.09. The Labute approximate surface area is 132 Å². The van der Waals surface area contributed by atoms with Crippen molar-refractivity contribution in [3.05, 3.63) is 22.5 Å². The fourth-order valence-electron chi connectivity index (χ4n) is 3.04. The molecule has 5 heteroatoms. The smallest absolute Gasteiger partial charge is 0.340 e. The third-order valence-corrected chi connectivity index (χ3v) is 4.44. The number of carbonyl (C=O) groups excluding carboxylic acids is 2. The number of aromatic amines is 1. The fourth-order valence-corrected chi connectivity index (χ4v) is 3.04. The van der Waals surface area contributed by atoms with E-state index in [0.717, 1.165) is 31.8 Å². The number of aryl methyl sites for hydroxylation is 1. The number of rotatable bonds is 5. The van der Waals surface area contributed by atoms with Gasteiger partial charge in [0, 0.05) is 5.69 Å². The standard InChI is InChI=1S/C17H26N2O3/c1-5-22-17(21)15-12(3)16(18-13(15)4)14(20)10-19-8-6-11(2)7-9-19/h11,18H,5-10H2,1-4H3. The average Bonchev–Trinajstić information content (AvgIpc) is 2.77. The Morgan fingerprint density at radius 3 is 2.50 bits per heavy atom. The van der Waals surface area contributed by atoms with E-state index in [4.69, 9.17) is 4.74 Å². The third kappa shape index (κ3) is 3.58. The first-order chi connectivity index (χ1) is 10.4. The van der Waals surface area contributed by atoms with Crippen LogP contribution in [-0.2, 0) is 4.74 Å². The molecule has 0 saturated carbocycles. The maximum absolute atomic E-state index is 12.5. The molecule has 0 bridgehead atoms. The normalized spacial score (nSPS) is 16.7. The molecule has 0 atom stereocenters. The molecule has 1 fully saturated rings. The highest BCUT2D eigenvalue weighted by Crippen LogP contribution is 2.21. The molecule has 1 N–H and O–H groups in total. The van der Waals surface area contributed by atoms with Crippen LogP contribution in [0.3, 0.4) is 0 Å². The summed E-state index contributed by atoms with van der Waals surface area (Å²) in [5.74, 6) is 0.432. The van der Waals surface area contributed by atoms with E-state index in [1.807, 2.05) is 0 Å². The summed E-state index contributed by atoms with van der Waals surface area (Å²) in [4.78, 5) is 29.8. The van der Waals surface area contributed by atoms with Crippen molar-refractivity contribution >= 4 is 11.8 Å². The zero-order valence-electron chi connectivity index (χ0n) is 14.0. The van der Waals surface area contributed by atoms with Crippen molar-refractivity contribution in [1.82, 2.24) is 9.88 Å². The molecule has 5 nitrogen and oxygen atoms in total. The summed E-state index contributed by atoms with van der Waals surface area (Å²) >= 11 is 0. The van der Waals surface area contributed by atoms with E-state index in [2.05, 4.69) is 16.8 Å². The van der Waals surface area contributed by atoms with Crippen molar-refractivity contribution in [2.75, 3.05) is 26.2 Å². The molecule has 0 aliphatic carbocycles. The number of piperidine rings is 1. The number of carbonyl (C=O) groups is 2. The summed E-state index contributed by atoms with van der Waals surface area (Å²) in [6.07, 6.45) is 2.29. The monoisotopic (exact) mass is 306 g/mol. The highest BCUT2D eigenvalue weighted by Gasteiger charge is 2.25. The number of hydrogen-bond acceptors (Lipinski definition) is 4. The van der Waals surface area contributed by atoms with Crippen molar-refractivity contribution in [3.8, 4) is 0 Å². The second-order valence-electron chi connectivity index (χ2n) is 6.23. The van der Waals surface area contributed by atoms with Gasteiger partial charge in [0.2, 0.25) is 0 Å². The zero-order chi connectivity index (χ0) is 16.3. The van der Waals surface area contributed by atoms with Crippen LogP contribution in [0.2, 0.25) is 0 Å². The van der Waals surface area contributed by atoms with Crippen LogP contribution in [0.15, 0.2) is 0 Å². The third-order valence-electron chi connectivity index (χ3n) is 4.44. The van der Waals surface area contributed by atoms with Crippen LogP contribution in [0.4, 0.5) is 0 Å². The Bertz CT molecular complexity index is 554. The molecule has 122 valence electrons. The van der Waals surface area contributed by atoms with E-state index in [1.54, 1.807) is 20.8 Å². The average molecular weight is 306 g/mol. The molecule has 1 aliphatic rings. The predicted octanol–water partition coefficient (Wildman–Crippen LogP) is 2.72. The minimum absolute atomic E-state index is 0.0469. The van der Waals surface area contributed by atoms with Crippen molar-refractivity contribution in [2.24, 2.45) is 5.92 Å². The summed E-state index contributed by atoms with van der Waals surface area (Å²) in [5, 5.41) is 0. The van der Waals surface area contributed by atoms with Crippen molar-refractivity contribution < 1.29 is 14.3 Å². The van der Waals surface area contributed by atoms with Gasteiger partial charge in [-0.3, -0.25) is 9.69 Å². The number of likely N-dealkylation sites (tertiary alicyclic amines) is 1. The molecule has 1 aliphatic heterocycles. The molecule has 22 heavy (non-hydrogen) atoms. The molecular weight excluding hydrogens is 280 g/mol. The van der Waals surface area contributed by atoms with Crippen LogP contribution in [-0.4, -0.2) is 47.9 Å². The molecule has 2 rings (SSSR count). The molecule has 1 saturated heterocycles. The van der Waals surface area contributed by atoms with Gasteiger partial charge in [0.1, 0.15) is 0 Å². The summed E-state index contributed by atoms with van der Waals surface area (Å²) in [7, 11) is 0. The fraction of sp³-hybridized carbons (Fsp3) is 0.647. The van der Waals surface area contributed by atoms with E-state index < -0.39 is 0 Å². The van der Waals surface area contributed by atoms with Gasteiger partial charge in [0.25, 0.3) is 0 Å². The number of H-pyrrole nitrogens is 1. The molecule has 0 radical (unpaired) electrons. The van der Waals surface area contributed by atoms with Crippen LogP contribution in [0.5, 0.6) is 0 Å². The van der Waals surface area contributed by atoms with Gasteiger partial charge in [-0.15, -0.1) is 0 Å². The Kier molecular flexibility index (Phi) is 5.40. The number of nitrogens with one attached hydrogen (secondary N) is 1. The SMILES string of the molecule is CCOC(=O)c1c(C)[nH]c(C(=O)CN2CCC(C)CC2)c1C. The topological polar surface area (TPSA) is 62.4 Å². The lowest BCUT2D eigenvalue weighted by molar-refractivity contribution is 0.0525. The molecular formula is C17H26N2O3. The van der Waals surface area contributed by atoms with Gasteiger partial charge in [-0.2, -0.15) is 0 Å². The number of Topliss-reactive ketones (excluding diaryl/α,β-unsaturated/α-hetero) is 1. The lowest BCUT2D eigenvalue weighted by Crippen LogP contribution is -2.37. The number of esters is 1. The van der Waals surface area contributed by atoms with E-state index >= 15 is 0 Å². The largest absolute Gasteiger partial charge is 0.462 e. The minimum Gasteiger partial charge on any atom is -0.462 e. The van der Waals surface area contributed by atoms with Gasteiger partial charge in [0.15, 0.2) is 5.78 Å². The van der Waals surface area contributed by atoms with Gasteiger partial charge in [-0.1, -0.05) is 6.92 Å². The van der Waals surface area contributed by atoms with Crippen LogP contribution < -0.4 is 0 Å². The van der Waals surface area contributed by atoms with Gasteiger partial charge >= 0.3 is 5.97 Å². The summed E-state index contributed by atoms with van der Waals surface area (Å²) in [5.41, 5.74) is 2.44. The molecule has 0 unspecified atom stereocenters. The number of aromatic nitrogens is 1. The van der Waals surface area contributed by atoms with Crippen LogP contribution in [0.1, 0.15) is 58.8 Å². The van der Waals surface area contributed by atoms with E-state index in [1.165, 1.54) is 0 Å². The Morgan fingerprint density at radius 2 is 1.91 bits per heavy atom. The van der Waals surface area contributed by atoms with Crippen LogP contribution in [0, 0.1) is 19.8 Å². The maximum Gasteiger partial charge on any atom is 0.340 e. The molecule has 0 spiro atoms. The quantitative estimate of drug-likeness (QED) is 0.671. The molecule has 1 aromatic heterocycles. The molecule has 0 amide bonds. The minimum atomic E-state index is -0.361. The summed E-state index contributed by atoms with van der Waals surface area (Å²) in [6, 6.07) is 0. The van der Waals surface area contributed by atoms with Crippen molar-refractivity contribution in [2.45, 2.75) is 40.5 Å². The van der Waals surface area contributed by atoms with Gasteiger partial charge in [0.05, 0.1) is 24.4 Å².